The minimum absolute atomic E-state index is 0.244. The van der Waals surface area contributed by atoms with Gasteiger partial charge in [-0.05, 0) is 27.7 Å². The van der Waals surface area contributed by atoms with Crippen LogP contribution in [0.1, 0.15) is 27.7 Å². The molecule has 1 heterocycles. The van der Waals surface area contributed by atoms with E-state index in [9.17, 15) is 16.8 Å². The highest BCUT2D eigenvalue weighted by Crippen LogP contribution is 2.25. The van der Waals surface area contributed by atoms with Gasteiger partial charge in [0.05, 0.1) is 10.5 Å². The second-order valence-electron chi connectivity index (χ2n) is 4.02. The van der Waals surface area contributed by atoms with Crippen LogP contribution in [0, 0.1) is 0 Å². The molecule has 0 aliphatic rings. The van der Waals surface area contributed by atoms with Crippen LogP contribution in [0.3, 0.4) is 0 Å². The van der Waals surface area contributed by atoms with Crippen LogP contribution in [0.5, 0.6) is 0 Å². The molecule has 0 aromatic carbocycles. The molecular weight excluding hydrogens is 284 g/mol. The molecule has 0 bridgehead atoms. The maximum absolute atomic E-state index is 11.8. The Bertz CT molecular complexity index is 546. The topological polar surface area (TPSA) is 94.1 Å². The highest BCUT2D eigenvalue weighted by molar-refractivity contribution is 7.96. The molecule has 1 rings (SSSR count). The van der Waals surface area contributed by atoms with E-state index in [1.807, 2.05) is 0 Å². The SMILES string of the molecule is CC(C)S(=O)(=O)c1nnc(S(=O)(=O)C(C)C)s1. The Hall–Kier alpha value is -0.540. The minimum Gasteiger partial charge on any atom is -0.221 e. The fourth-order valence-corrected chi connectivity index (χ4v) is 4.97. The van der Waals surface area contributed by atoms with E-state index in [1.54, 1.807) is 0 Å². The highest BCUT2D eigenvalue weighted by atomic mass is 32.3. The molecule has 0 aliphatic heterocycles. The molecule has 0 unspecified atom stereocenters. The normalized spacial score (nSPS) is 13.5. The van der Waals surface area contributed by atoms with Crippen LogP contribution in [0.4, 0.5) is 0 Å². The summed E-state index contributed by atoms with van der Waals surface area (Å²) in [5.41, 5.74) is 0. The zero-order valence-electron chi connectivity index (χ0n) is 9.91. The van der Waals surface area contributed by atoms with Gasteiger partial charge in [-0.3, -0.25) is 0 Å². The Morgan fingerprint density at radius 1 is 0.824 bits per heavy atom. The summed E-state index contributed by atoms with van der Waals surface area (Å²) in [6.07, 6.45) is 0. The van der Waals surface area contributed by atoms with E-state index in [1.165, 1.54) is 27.7 Å². The van der Waals surface area contributed by atoms with Crippen molar-refractivity contribution < 1.29 is 16.8 Å². The average molecular weight is 298 g/mol. The second kappa shape index (κ2) is 4.62. The molecular formula is C8H14N2O4S3. The monoisotopic (exact) mass is 298 g/mol. The molecule has 1 aromatic heterocycles. The molecule has 0 saturated carbocycles. The Kier molecular flexibility index (Phi) is 3.94. The molecule has 17 heavy (non-hydrogen) atoms. The number of rotatable bonds is 4. The Labute approximate surface area is 105 Å². The van der Waals surface area contributed by atoms with E-state index in [4.69, 9.17) is 0 Å². The Balaban J connectivity index is 3.28. The number of hydrogen-bond donors (Lipinski definition) is 0. The van der Waals surface area contributed by atoms with Crippen molar-refractivity contribution in [2.24, 2.45) is 0 Å². The van der Waals surface area contributed by atoms with Crippen LogP contribution >= 0.6 is 11.3 Å². The summed E-state index contributed by atoms with van der Waals surface area (Å²) in [5.74, 6) is 0. The van der Waals surface area contributed by atoms with Crippen LogP contribution < -0.4 is 0 Å². The first-order valence-electron chi connectivity index (χ1n) is 4.91. The molecule has 0 radical (unpaired) electrons. The fourth-order valence-electron chi connectivity index (χ4n) is 0.830. The van der Waals surface area contributed by atoms with E-state index in [0.29, 0.717) is 11.3 Å². The van der Waals surface area contributed by atoms with Crippen LogP contribution in [0.25, 0.3) is 0 Å². The fraction of sp³-hybridized carbons (Fsp3) is 0.750. The summed E-state index contributed by atoms with van der Waals surface area (Å²) in [6.45, 7) is 6.03. The quantitative estimate of drug-likeness (QED) is 0.819. The van der Waals surface area contributed by atoms with Crippen LogP contribution in [-0.4, -0.2) is 37.5 Å². The number of aromatic nitrogens is 2. The van der Waals surface area contributed by atoms with Gasteiger partial charge < -0.3 is 0 Å². The van der Waals surface area contributed by atoms with Crippen LogP contribution in [0.2, 0.25) is 0 Å². The summed E-state index contributed by atoms with van der Waals surface area (Å²) in [4.78, 5) is 0. The van der Waals surface area contributed by atoms with Gasteiger partial charge in [-0.1, -0.05) is 11.3 Å². The standard InChI is InChI=1S/C8H14N2O4S3/c1-5(2)16(11,12)7-9-10-8(15-7)17(13,14)6(3)4/h5-6H,1-4H3. The number of hydrogen-bond acceptors (Lipinski definition) is 7. The van der Waals surface area contributed by atoms with E-state index in [2.05, 4.69) is 10.2 Å². The molecule has 6 nitrogen and oxygen atoms in total. The molecule has 9 heteroatoms. The first-order valence-corrected chi connectivity index (χ1v) is 8.82. The van der Waals surface area contributed by atoms with Crippen molar-refractivity contribution in [2.75, 3.05) is 0 Å². The average Bonchev–Trinajstić information content (AvgIpc) is 2.66. The molecule has 0 saturated heterocycles. The lowest BCUT2D eigenvalue weighted by Crippen LogP contribution is -2.13. The van der Waals surface area contributed by atoms with Crippen molar-refractivity contribution in [3.05, 3.63) is 0 Å². The summed E-state index contributed by atoms with van der Waals surface area (Å²) in [6, 6.07) is 0. The third kappa shape index (κ3) is 2.66. The highest BCUT2D eigenvalue weighted by Gasteiger charge is 2.29. The summed E-state index contributed by atoms with van der Waals surface area (Å²) >= 11 is 0.605. The predicted octanol–water partition coefficient (Wildman–Crippen LogP) is 0.902. The van der Waals surface area contributed by atoms with Crippen molar-refractivity contribution in [3.63, 3.8) is 0 Å². The summed E-state index contributed by atoms with van der Waals surface area (Å²) in [5, 5.41) is 5.62. The zero-order chi connectivity index (χ0) is 13.4. The summed E-state index contributed by atoms with van der Waals surface area (Å²) in [7, 11) is -7.12. The van der Waals surface area contributed by atoms with Gasteiger partial charge in [0.1, 0.15) is 0 Å². The smallest absolute Gasteiger partial charge is 0.221 e. The molecule has 0 atom stereocenters. The van der Waals surface area contributed by atoms with Gasteiger partial charge in [0.25, 0.3) is 0 Å². The number of nitrogens with zero attached hydrogens (tertiary/aromatic N) is 2. The van der Waals surface area contributed by atoms with Gasteiger partial charge in [-0.2, -0.15) is 0 Å². The van der Waals surface area contributed by atoms with E-state index >= 15 is 0 Å². The molecule has 1 aromatic rings. The molecule has 98 valence electrons. The molecule has 0 N–H and O–H groups in total. The van der Waals surface area contributed by atoms with Gasteiger partial charge >= 0.3 is 0 Å². The lowest BCUT2D eigenvalue weighted by molar-refractivity contribution is 0.581. The van der Waals surface area contributed by atoms with Crippen molar-refractivity contribution >= 4 is 31.0 Å². The lowest BCUT2D eigenvalue weighted by Gasteiger charge is -2.02. The summed E-state index contributed by atoms with van der Waals surface area (Å²) < 4.78 is 46.5. The van der Waals surface area contributed by atoms with Gasteiger partial charge in [-0.15, -0.1) is 10.2 Å². The minimum atomic E-state index is -3.56. The third-order valence-corrected chi connectivity index (χ3v) is 8.14. The van der Waals surface area contributed by atoms with E-state index < -0.39 is 30.2 Å². The Morgan fingerprint density at radius 2 is 1.12 bits per heavy atom. The van der Waals surface area contributed by atoms with Crippen LogP contribution in [-0.2, 0) is 19.7 Å². The maximum Gasteiger partial charge on any atom is 0.233 e. The largest absolute Gasteiger partial charge is 0.233 e. The predicted molar refractivity (Wildman–Crippen MR) is 64.6 cm³/mol. The first kappa shape index (κ1) is 14.5. The van der Waals surface area contributed by atoms with E-state index in [0.717, 1.165) is 0 Å². The zero-order valence-corrected chi connectivity index (χ0v) is 12.4. The van der Waals surface area contributed by atoms with Crippen molar-refractivity contribution in [1.29, 1.82) is 0 Å². The molecule has 0 fully saturated rings. The molecule has 0 spiro atoms. The van der Waals surface area contributed by atoms with Crippen LogP contribution in [0.15, 0.2) is 8.68 Å². The van der Waals surface area contributed by atoms with Gasteiger partial charge in [0, 0.05) is 0 Å². The first-order chi connectivity index (χ1) is 7.60. The molecule has 0 aliphatic carbocycles. The van der Waals surface area contributed by atoms with Gasteiger partial charge in [0.15, 0.2) is 0 Å². The number of sulfone groups is 2. The van der Waals surface area contributed by atoms with Crippen molar-refractivity contribution in [1.82, 2.24) is 10.2 Å². The molecule has 0 amide bonds. The van der Waals surface area contributed by atoms with Gasteiger partial charge in [0.2, 0.25) is 28.4 Å². The van der Waals surface area contributed by atoms with Gasteiger partial charge in [-0.25, -0.2) is 16.8 Å². The van der Waals surface area contributed by atoms with Crippen molar-refractivity contribution in [3.8, 4) is 0 Å². The second-order valence-corrected chi connectivity index (χ2v) is 10.4. The van der Waals surface area contributed by atoms with E-state index in [-0.39, 0.29) is 8.68 Å². The van der Waals surface area contributed by atoms with Crippen molar-refractivity contribution in [2.45, 2.75) is 46.9 Å². The third-order valence-electron chi connectivity index (χ3n) is 2.12. The lowest BCUT2D eigenvalue weighted by atomic mass is 10.6. The maximum atomic E-state index is 11.8. The Morgan fingerprint density at radius 3 is 1.35 bits per heavy atom.